The summed E-state index contributed by atoms with van der Waals surface area (Å²) in [5, 5.41) is 10.4. The summed E-state index contributed by atoms with van der Waals surface area (Å²) >= 11 is 0. The van der Waals surface area contributed by atoms with E-state index in [9.17, 15) is 14.7 Å². The predicted octanol–water partition coefficient (Wildman–Crippen LogP) is 7.21. The molecule has 1 atom stereocenters. The minimum Gasteiger partial charge on any atom is -0.507 e. The fourth-order valence-corrected chi connectivity index (χ4v) is 4.42. The number of hydrogen-bond donors (Lipinski definition) is 1. The summed E-state index contributed by atoms with van der Waals surface area (Å²) in [6.07, 6.45) is 12.4. The van der Waals surface area contributed by atoms with Gasteiger partial charge in [-0.05, 0) is 43.0 Å². The van der Waals surface area contributed by atoms with Crippen LogP contribution in [0, 0.1) is 0 Å². The van der Waals surface area contributed by atoms with Crippen LogP contribution < -0.4 is 14.2 Å². The van der Waals surface area contributed by atoms with Crippen molar-refractivity contribution >= 4 is 11.9 Å². The summed E-state index contributed by atoms with van der Waals surface area (Å²) < 4.78 is 16.7. The number of aromatic hydroxyl groups is 1. The van der Waals surface area contributed by atoms with E-state index in [2.05, 4.69) is 6.92 Å². The molecule has 1 unspecified atom stereocenters. The summed E-state index contributed by atoms with van der Waals surface area (Å²) in [7, 11) is 0. The van der Waals surface area contributed by atoms with Gasteiger partial charge in [0.25, 0.3) is 0 Å². The number of hydrogen-bond acceptors (Lipinski definition) is 6. The Labute approximate surface area is 208 Å². The van der Waals surface area contributed by atoms with Crippen molar-refractivity contribution in [2.45, 2.75) is 97.0 Å². The quantitative estimate of drug-likeness (QED) is 0.184. The first-order chi connectivity index (χ1) is 17.0. The van der Waals surface area contributed by atoms with E-state index in [1.54, 1.807) is 18.2 Å². The Hall–Kier alpha value is -3.02. The molecule has 2 aromatic carbocycles. The van der Waals surface area contributed by atoms with Gasteiger partial charge >= 0.3 is 11.9 Å². The third-order valence-electron chi connectivity index (χ3n) is 6.31. The van der Waals surface area contributed by atoms with Crippen molar-refractivity contribution in [1.29, 1.82) is 0 Å². The van der Waals surface area contributed by atoms with Gasteiger partial charge in [0, 0.05) is 31.0 Å². The average molecular weight is 483 g/mol. The second-order valence-electron chi connectivity index (χ2n) is 9.28. The third-order valence-corrected chi connectivity index (χ3v) is 6.31. The van der Waals surface area contributed by atoms with Crippen molar-refractivity contribution in [3.63, 3.8) is 0 Å². The molecule has 1 aliphatic heterocycles. The van der Waals surface area contributed by atoms with E-state index in [-0.39, 0.29) is 23.6 Å². The SMILES string of the molecule is CCCCCCCCCCCC(=O)Oc1ccc2c(c1)OC(c1ccc(OC(C)=O)cc1O)CC2. The Bertz CT molecular complexity index is 983. The Morgan fingerprint density at radius 1 is 0.914 bits per heavy atom. The van der Waals surface area contributed by atoms with E-state index in [0.717, 1.165) is 24.8 Å². The molecule has 0 spiro atoms. The normalized spacial score (nSPS) is 14.6. The number of phenolic OH excluding ortho intramolecular Hbond substituents is 1. The lowest BCUT2D eigenvalue weighted by atomic mass is 9.96. The molecule has 0 amide bonds. The molecule has 1 heterocycles. The van der Waals surface area contributed by atoms with Crippen LogP contribution >= 0.6 is 0 Å². The summed E-state index contributed by atoms with van der Waals surface area (Å²) in [5.74, 6) is 0.758. The zero-order valence-electron chi connectivity index (χ0n) is 21.0. The highest BCUT2D eigenvalue weighted by Crippen LogP contribution is 2.40. The zero-order valence-corrected chi connectivity index (χ0v) is 21.0. The van der Waals surface area contributed by atoms with Crippen molar-refractivity contribution < 1.29 is 28.9 Å². The van der Waals surface area contributed by atoms with E-state index in [1.807, 2.05) is 12.1 Å². The predicted molar refractivity (Wildman–Crippen MR) is 135 cm³/mol. The fourth-order valence-electron chi connectivity index (χ4n) is 4.42. The highest BCUT2D eigenvalue weighted by molar-refractivity contribution is 5.72. The van der Waals surface area contributed by atoms with Gasteiger partial charge in [0.15, 0.2) is 0 Å². The van der Waals surface area contributed by atoms with E-state index in [4.69, 9.17) is 14.2 Å². The number of aryl methyl sites for hydroxylation is 1. The molecule has 1 aliphatic rings. The minimum atomic E-state index is -0.445. The molecule has 0 bridgehead atoms. The smallest absolute Gasteiger partial charge is 0.311 e. The molecule has 190 valence electrons. The summed E-state index contributed by atoms with van der Waals surface area (Å²) in [5.41, 5.74) is 1.66. The topological polar surface area (TPSA) is 82.1 Å². The van der Waals surface area contributed by atoms with Crippen LogP contribution in [0.5, 0.6) is 23.0 Å². The van der Waals surface area contributed by atoms with Gasteiger partial charge in [0.05, 0.1) is 0 Å². The van der Waals surface area contributed by atoms with E-state index in [0.29, 0.717) is 29.9 Å². The maximum absolute atomic E-state index is 12.3. The van der Waals surface area contributed by atoms with E-state index < -0.39 is 5.97 Å². The van der Waals surface area contributed by atoms with Crippen LogP contribution in [-0.4, -0.2) is 17.0 Å². The van der Waals surface area contributed by atoms with Crippen LogP contribution in [0.15, 0.2) is 36.4 Å². The van der Waals surface area contributed by atoms with Gasteiger partial charge in [-0.2, -0.15) is 0 Å². The lowest BCUT2D eigenvalue weighted by Crippen LogP contribution is -2.16. The first-order valence-electron chi connectivity index (χ1n) is 13.0. The number of ether oxygens (including phenoxy) is 3. The number of fused-ring (bicyclic) bond motifs is 1. The molecule has 0 fully saturated rings. The molecular weight excluding hydrogens is 444 g/mol. The molecule has 2 aromatic rings. The van der Waals surface area contributed by atoms with Crippen molar-refractivity contribution in [3.8, 4) is 23.0 Å². The zero-order chi connectivity index (χ0) is 25.0. The van der Waals surface area contributed by atoms with Crippen LogP contribution in [0.2, 0.25) is 0 Å². The summed E-state index contributed by atoms with van der Waals surface area (Å²) in [6, 6.07) is 10.2. The number of phenols is 1. The van der Waals surface area contributed by atoms with Gasteiger partial charge in [-0.3, -0.25) is 9.59 Å². The maximum Gasteiger partial charge on any atom is 0.311 e. The van der Waals surface area contributed by atoms with Crippen LogP contribution in [-0.2, 0) is 16.0 Å². The highest BCUT2D eigenvalue weighted by atomic mass is 16.5. The average Bonchev–Trinajstić information content (AvgIpc) is 2.82. The van der Waals surface area contributed by atoms with Crippen molar-refractivity contribution in [3.05, 3.63) is 47.5 Å². The molecule has 0 saturated heterocycles. The van der Waals surface area contributed by atoms with Gasteiger partial charge in [-0.1, -0.05) is 64.4 Å². The summed E-state index contributed by atoms with van der Waals surface area (Å²) in [4.78, 5) is 23.4. The minimum absolute atomic E-state index is 0.0146. The largest absolute Gasteiger partial charge is 0.507 e. The number of carbonyl (C=O) groups is 2. The van der Waals surface area contributed by atoms with E-state index >= 15 is 0 Å². The Kier molecular flexibility index (Phi) is 10.5. The Morgan fingerprint density at radius 3 is 2.26 bits per heavy atom. The second kappa shape index (κ2) is 13.8. The molecule has 0 aliphatic carbocycles. The van der Waals surface area contributed by atoms with Gasteiger partial charge in [-0.15, -0.1) is 0 Å². The number of carbonyl (C=O) groups excluding carboxylic acids is 2. The monoisotopic (exact) mass is 482 g/mol. The molecule has 35 heavy (non-hydrogen) atoms. The number of unbranched alkanes of at least 4 members (excludes halogenated alkanes) is 8. The van der Waals surface area contributed by atoms with Gasteiger partial charge in [0.1, 0.15) is 29.1 Å². The molecule has 0 aromatic heterocycles. The number of rotatable bonds is 13. The van der Waals surface area contributed by atoms with Crippen molar-refractivity contribution in [1.82, 2.24) is 0 Å². The van der Waals surface area contributed by atoms with Crippen molar-refractivity contribution in [2.75, 3.05) is 0 Å². The Balaban J connectivity index is 1.46. The van der Waals surface area contributed by atoms with Crippen LogP contribution in [0.4, 0.5) is 0 Å². The van der Waals surface area contributed by atoms with Gasteiger partial charge < -0.3 is 19.3 Å². The van der Waals surface area contributed by atoms with E-state index in [1.165, 1.54) is 57.9 Å². The molecule has 3 rings (SSSR count). The molecule has 6 nitrogen and oxygen atoms in total. The molecule has 0 radical (unpaired) electrons. The second-order valence-corrected chi connectivity index (χ2v) is 9.28. The maximum atomic E-state index is 12.3. The third kappa shape index (κ3) is 8.61. The lowest BCUT2D eigenvalue weighted by Gasteiger charge is -2.27. The van der Waals surface area contributed by atoms with Crippen molar-refractivity contribution in [2.24, 2.45) is 0 Å². The van der Waals surface area contributed by atoms with Crippen LogP contribution in [0.25, 0.3) is 0 Å². The number of esters is 2. The standard InChI is InChI=1S/C29H38O6/c1-3-4-5-6-7-8-9-10-11-12-29(32)34-24-15-13-22-14-18-27(35-28(22)20-24)25-17-16-23(19-26(25)31)33-21(2)30/h13,15-17,19-20,27,31H,3-12,14,18H2,1-2H3. The first kappa shape index (κ1) is 26.6. The highest BCUT2D eigenvalue weighted by Gasteiger charge is 2.25. The molecule has 6 heteroatoms. The van der Waals surface area contributed by atoms with Gasteiger partial charge in [0.2, 0.25) is 0 Å². The van der Waals surface area contributed by atoms with Crippen LogP contribution in [0.3, 0.4) is 0 Å². The molecule has 0 saturated carbocycles. The first-order valence-corrected chi connectivity index (χ1v) is 13.0. The molecular formula is C29H38O6. The Morgan fingerprint density at radius 2 is 1.57 bits per heavy atom. The lowest BCUT2D eigenvalue weighted by molar-refractivity contribution is -0.134. The van der Waals surface area contributed by atoms with Gasteiger partial charge in [-0.25, -0.2) is 0 Å². The summed E-state index contributed by atoms with van der Waals surface area (Å²) in [6.45, 7) is 3.54. The molecule has 1 N–H and O–H groups in total. The fraction of sp³-hybridized carbons (Fsp3) is 0.517. The number of benzene rings is 2. The van der Waals surface area contributed by atoms with Crippen LogP contribution in [0.1, 0.15) is 102 Å².